The highest BCUT2D eigenvalue weighted by atomic mass is 16.5. The Balaban J connectivity index is 1.69. The van der Waals surface area contributed by atoms with E-state index in [0.717, 1.165) is 25.0 Å². The van der Waals surface area contributed by atoms with E-state index in [4.69, 9.17) is 10.00 Å². The van der Waals surface area contributed by atoms with Gasteiger partial charge in [0.2, 0.25) is 0 Å². The number of nitriles is 1. The van der Waals surface area contributed by atoms with Crippen molar-refractivity contribution in [1.29, 1.82) is 5.26 Å². The molecular formula is C19H20N4O2. The Hall–Kier alpha value is -2.91. The number of carbonyl (C=O) groups excluding carboxylic acids is 1. The van der Waals surface area contributed by atoms with Gasteiger partial charge in [0.1, 0.15) is 0 Å². The van der Waals surface area contributed by atoms with Crippen molar-refractivity contribution in [1.82, 2.24) is 9.88 Å². The predicted molar refractivity (Wildman–Crippen MR) is 93.8 cm³/mol. The molecule has 0 spiro atoms. The number of ether oxygens (including phenoxy) is 1. The summed E-state index contributed by atoms with van der Waals surface area (Å²) >= 11 is 0. The van der Waals surface area contributed by atoms with Gasteiger partial charge in [0, 0.05) is 37.8 Å². The number of nitrogens with zero attached hydrogens (tertiary/aromatic N) is 3. The lowest BCUT2D eigenvalue weighted by Crippen LogP contribution is -2.39. The molecule has 1 aliphatic heterocycles. The lowest BCUT2D eigenvalue weighted by Gasteiger charge is -2.26. The zero-order chi connectivity index (χ0) is 17.5. The molecule has 1 saturated heterocycles. The van der Waals surface area contributed by atoms with Crippen LogP contribution in [0.3, 0.4) is 0 Å². The molecule has 128 valence electrons. The first-order valence-electron chi connectivity index (χ1n) is 8.31. The molecule has 1 N–H and O–H groups in total. The summed E-state index contributed by atoms with van der Waals surface area (Å²) in [5.41, 5.74) is 2.24. The summed E-state index contributed by atoms with van der Waals surface area (Å²) in [7, 11) is 0. The minimum Gasteiger partial charge on any atom is -0.376 e. The Morgan fingerprint density at radius 2 is 2.04 bits per heavy atom. The smallest absolute Gasteiger partial charge is 0.322 e. The number of carbonyl (C=O) groups is 1. The monoisotopic (exact) mass is 336 g/mol. The molecule has 1 atom stereocenters. The van der Waals surface area contributed by atoms with Crippen LogP contribution in [0.1, 0.15) is 24.0 Å². The van der Waals surface area contributed by atoms with Crippen LogP contribution in [-0.4, -0.2) is 35.2 Å². The fourth-order valence-corrected chi connectivity index (χ4v) is 2.79. The number of hydrogen-bond donors (Lipinski definition) is 1. The number of nitrogens with one attached hydrogen (secondary N) is 1. The minimum atomic E-state index is -0.183. The molecule has 1 aromatic carbocycles. The van der Waals surface area contributed by atoms with Gasteiger partial charge in [-0.15, -0.1) is 0 Å². The SMILES string of the molecule is N#Cc1ccc(NC(=O)N(Cc2ccncc2)C[C@H]2CCCO2)cc1. The van der Waals surface area contributed by atoms with Gasteiger partial charge in [-0.05, 0) is 54.8 Å². The Bertz CT molecular complexity index is 734. The lowest BCUT2D eigenvalue weighted by molar-refractivity contribution is 0.0819. The summed E-state index contributed by atoms with van der Waals surface area (Å²) < 4.78 is 5.68. The van der Waals surface area contributed by atoms with Crippen LogP contribution in [0.25, 0.3) is 0 Å². The second-order valence-corrected chi connectivity index (χ2v) is 5.99. The number of urea groups is 1. The van der Waals surface area contributed by atoms with Gasteiger partial charge in [0.05, 0.1) is 17.7 Å². The summed E-state index contributed by atoms with van der Waals surface area (Å²) in [5.74, 6) is 0. The van der Waals surface area contributed by atoms with E-state index >= 15 is 0 Å². The molecule has 0 saturated carbocycles. The summed E-state index contributed by atoms with van der Waals surface area (Å²) in [5, 5.41) is 11.8. The van der Waals surface area contributed by atoms with Gasteiger partial charge < -0.3 is 15.0 Å². The van der Waals surface area contributed by atoms with Crippen molar-refractivity contribution in [2.75, 3.05) is 18.5 Å². The number of hydrogen-bond acceptors (Lipinski definition) is 4. The summed E-state index contributed by atoms with van der Waals surface area (Å²) in [6.07, 6.45) is 5.52. The maximum atomic E-state index is 12.7. The standard InChI is InChI=1S/C19H20N4O2/c20-12-15-3-5-17(6-4-15)22-19(24)23(14-18-2-1-11-25-18)13-16-7-9-21-10-8-16/h3-10,18H,1-2,11,13-14H2,(H,22,24)/t18-/m1/s1. The van der Waals surface area contributed by atoms with Gasteiger partial charge in [-0.2, -0.15) is 5.26 Å². The Morgan fingerprint density at radius 3 is 2.68 bits per heavy atom. The van der Waals surface area contributed by atoms with Gasteiger partial charge in [0.15, 0.2) is 0 Å². The van der Waals surface area contributed by atoms with Gasteiger partial charge in [-0.1, -0.05) is 0 Å². The summed E-state index contributed by atoms with van der Waals surface area (Å²) in [6, 6.07) is 12.5. The maximum Gasteiger partial charge on any atom is 0.322 e. The van der Waals surface area contributed by atoms with E-state index in [2.05, 4.69) is 16.4 Å². The fraction of sp³-hybridized carbons (Fsp3) is 0.316. The van der Waals surface area contributed by atoms with Crippen molar-refractivity contribution in [2.45, 2.75) is 25.5 Å². The van der Waals surface area contributed by atoms with Crippen LogP contribution in [0, 0.1) is 11.3 Å². The maximum absolute atomic E-state index is 12.7. The number of anilines is 1. The quantitative estimate of drug-likeness (QED) is 0.909. The number of aromatic nitrogens is 1. The van der Waals surface area contributed by atoms with E-state index in [1.54, 1.807) is 41.6 Å². The van der Waals surface area contributed by atoms with E-state index in [-0.39, 0.29) is 12.1 Å². The first kappa shape index (κ1) is 16.9. The molecule has 1 fully saturated rings. The number of pyridine rings is 1. The van der Waals surface area contributed by atoms with Crippen molar-refractivity contribution in [3.63, 3.8) is 0 Å². The minimum absolute atomic E-state index is 0.0774. The van der Waals surface area contributed by atoms with Gasteiger partial charge in [-0.3, -0.25) is 4.98 Å². The van der Waals surface area contributed by atoms with Crippen molar-refractivity contribution < 1.29 is 9.53 Å². The number of rotatable bonds is 5. The molecule has 0 radical (unpaired) electrons. The third-order valence-corrected chi connectivity index (χ3v) is 4.12. The number of amides is 2. The molecule has 0 aliphatic carbocycles. The highest BCUT2D eigenvalue weighted by Crippen LogP contribution is 2.17. The molecule has 6 nitrogen and oxygen atoms in total. The van der Waals surface area contributed by atoms with Crippen molar-refractivity contribution >= 4 is 11.7 Å². The second kappa shape index (κ2) is 8.27. The van der Waals surface area contributed by atoms with Crippen LogP contribution in [0.2, 0.25) is 0 Å². The third kappa shape index (κ3) is 4.78. The highest BCUT2D eigenvalue weighted by molar-refractivity contribution is 5.89. The zero-order valence-corrected chi connectivity index (χ0v) is 13.9. The average Bonchev–Trinajstić information content (AvgIpc) is 3.16. The molecule has 2 heterocycles. The Labute approximate surface area is 147 Å². The Morgan fingerprint density at radius 1 is 1.28 bits per heavy atom. The fourth-order valence-electron chi connectivity index (χ4n) is 2.79. The molecule has 3 rings (SSSR count). The molecule has 1 aromatic heterocycles. The van der Waals surface area contributed by atoms with Crippen molar-refractivity contribution in [2.24, 2.45) is 0 Å². The van der Waals surface area contributed by atoms with Gasteiger partial charge in [0.25, 0.3) is 0 Å². The molecule has 25 heavy (non-hydrogen) atoms. The summed E-state index contributed by atoms with van der Waals surface area (Å²) in [4.78, 5) is 18.5. The van der Waals surface area contributed by atoms with Crippen LogP contribution in [0.4, 0.5) is 10.5 Å². The lowest BCUT2D eigenvalue weighted by atomic mass is 10.2. The van der Waals surface area contributed by atoms with E-state index in [9.17, 15) is 4.79 Å². The molecule has 0 bridgehead atoms. The van der Waals surface area contributed by atoms with Crippen LogP contribution in [0.5, 0.6) is 0 Å². The topological polar surface area (TPSA) is 78.3 Å². The van der Waals surface area contributed by atoms with Gasteiger partial charge in [-0.25, -0.2) is 4.79 Å². The van der Waals surface area contributed by atoms with E-state index in [1.165, 1.54) is 0 Å². The molecular weight excluding hydrogens is 316 g/mol. The summed E-state index contributed by atoms with van der Waals surface area (Å²) in [6.45, 7) is 1.79. The zero-order valence-electron chi connectivity index (χ0n) is 13.9. The highest BCUT2D eigenvalue weighted by Gasteiger charge is 2.23. The average molecular weight is 336 g/mol. The Kier molecular flexibility index (Phi) is 5.60. The molecule has 1 aliphatic rings. The van der Waals surface area contributed by atoms with Crippen molar-refractivity contribution in [3.8, 4) is 6.07 Å². The second-order valence-electron chi connectivity index (χ2n) is 5.99. The molecule has 2 aromatic rings. The normalized spacial score (nSPS) is 16.2. The molecule has 0 unspecified atom stereocenters. The van der Waals surface area contributed by atoms with Gasteiger partial charge >= 0.3 is 6.03 Å². The molecule has 2 amide bonds. The number of benzene rings is 1. The van der Waals surface area contributed by atoms with Crippen LogP contribution in [-0.2, 0) is 11.3 Å². The third-order valence-electron chi connectivity index (χ3n) is 4.12. The first-order chi connectivity index (χ1) is 12.2. The first-order valence-corrected chi connectivity index (χ1v) is 8.31. The van der Waals surface area contributed by atoms with Crippen LogP contribution >= 0.6 is 0 Å². The van der Waals surface area contributed by atoms with Crippen molar-refractivity contribution in [3.05, 3.63) is 59.9 Å². The molecule has 6 heteroatoms. The van der Waals surface area contributed by atoms with E-state index in [1.807, 2.05) is 12.1 Å². The van der Waals surface area contributed by atoms with Crippen LogP contribution in [0.15, 0.2) is 48.8 Å². The van der Waals surface area contributed by atoms with E-state index in [0.29, 0.717) is 24.3 Å². The van der Waals surface area contributed by atoms with E-state index < -0.39 is 0 Å². The predicted octanol–water partition coefficient (Wildman–Crippen LogP) is 3.17. The largest absolute Gasteiger partial charge is 0.376 e. The van der Waals surface area contributed by atoms with Crippen LogP contribution < -0.4 is 5.32 Å².